The Morgan fingerprint density at radius 1 is 1.26 bits per heavy atom. The number of benzene rings is 1. The molecule has 8 nitrogen and oxygen atoms in total. The minimum absolute atomic E-state index is 0.204. The lowest BCUT2D eigenvalue weighted by Crippen LogP contribution is -2.26. The van der Waals surface area contributed by atoms with Gasteiger partial charge in [0.05, 0.1) is 5.56 Å². The number of fused-ring (bicyclic) bond motifs is 1. The number of amides is 1. The molecule has 4 rings (SSSR count). The molecular formula is C19H17N5O3. The fourth-order valence-electron chi connectivity index (χ4n) is 2.62. The zero-order chi connectivity index (χ0) is 18.8. The Morgan fingerprint density at radius 3 is 2.81 bits per heavy atom. The standard InChI is InChI=1S/C19H17N5O3/c1-11(26-2)18(25)22-13-7-5-12(6-8-13)16-14(10-21-24-16)19-23-17-15(27-19)4-3-9-20-17/h3-11H,1-2H3,(H,21,24)(H,22,25). The van der Waals surface area contributed by atoms with Crippen LogP contribution in [-0.4, -0.2) is 39.3 Å². The van der Waals surface area contributed by atoms with Gasteiger partial charge in [0.2, 0.25) is 5.89 Å². The average molecular weight is 363 g/mol. The SMILES string of the molecule is COC(C)C(=O)Nc1ccc(-c2n[nH]cc2-c2nc3ncccc3o2)cc1. The van der Waals surface area contributed by atoms with Gasteiger partial charge in [0.1, 0.15) is 11.8 Å². The van der Waals surface area contributed by atoms with Gasteiger partial charge in [-0.05, 0) is 31.2 Å². The molecule has 0 aliphatic carbocycles. The van der Waals surface area contributed by atoms with E-state index in [2.05, 4.69) is 25.5 Å². The number of hydrogen-bond acceptors (Lipinski definition) is 6. The summed E-state index contributed by atoms with van der Waals surface area (Å²) in [7, 11) is 1.49. The number of carbonyl (C=O) groups is 1. The van der Waals surface area contributed by atoms with Gasteiger partial charge < -0.3 is 14.5 Å². The fourth-order valence-corrected chi connectivity index (χ4v) is 2.62. The predicted molar refractivity (Wildman–Crippen MR) is 99.9 cm³/mol. The summed E-state index contributed by atoms with van der Waals surface area (Å²) in [4.78, 5) is 20.5. The number of oxazole rings is 1. The summed E-state index contributed by atoms with van der Waals surface area (Å²) in [5.74, 6) is 0.239. The highest BCUT2D eigenvalue weighted by atomic mass is 16.5. The zero-order valence-electron chi connectivity index (χ0n) is 14.8. The molecule has 1 unspecified atom stereocenters. The zero-order valence-corrected chi connectivity index (χ0v) is 14.8. The third kappa shape index (κ3) is 3.30. The second kappa shape index (κ2) is 7.00. The van der Waals surface area contributed by atoms with E-state index in [9.17, 15) is 4.79 Å². The molecule has 0 spiro atoms. The van der Waals surface area contributed by atoms with Gasteiger partial charge in [0, 0.05) is 30.8 Å². The molecule has 1 atom stereocenters. The van der Waals surface area contributed by atoms with Crippen molar-refractivity contribution in [3.05, 3.63) is 48.8 Å². The highest BCUT2D eigenvalue weighted by molar-refractivity contribution is 5.94. The van der Waals surface area contributed by atoms with Crippen LogP contribution in [0.4, 0.5) is 5.69 Å². The number of rotatable bonds is 5. The maximum absolute atomic E-state index is 11.9. The molecule has 136 valence electrons. The molecule has 0 fully saturated rings. The van der Waals surface area contributed by atoms with Gasteiger partial charge in [0.15, 0.2) is 11.2 Å². The molecule has 1 amide bonds. The molecule has 0 bridgehead atoms. The van der Waals surface area contributed by atoms with E-state index >= 15 is 0 Å². The molecule has 0 saturated heterocycles. The number of aromatic amines is 1. The van der Waals surface area contributed by atoms with E-state index in [0.29, 0.717) is 28.5 Å². The Labute approximate surface area is 154 Å². The van der Waals surface area contributed by atoms with Crippen LogP contribution in [0.15, 0.2) is 53.2 Å². The van der Waals surface area contributed by atoms with Gasteiger partial charge in [-0.2, -0.15) is 10.1 Å². The summed E-state index contributed by atoms with van der Waals surface area (Å²) < 4.78 is 10.8. The van der Waals surface area contributed by atoms with Crippen molar-refractivity contribution >= 4 is 22.8 Å². The second-order valence-corrected chi connectivity index (χ2v) is 5.94. The Kier molecular flexibility index (Phi) is 4.39. The van der Waals surface area contributed by atoms with Crippen LogP contribution in [0.2, 0.25) is 0 Å². The van der Waals surface area contributed by atoms with E-state index in [4.69, 9.17) is 9.15 Å². The fraction of sp³-hybridized carbons (Fsp3) is 0.158. The number of pyridine rings is 1. The van der Waals surface area contributed by atoms with Crippen molar-refractivity contribution in [1.82, 2.24) is 20.2 Å². The number of anilines is 1. The number of hydrogen-bond donors (Lipinski definition) is 2. The van der Waals surface area contributed by atoms with E-state index < -0.39 is 6.10 Å². The minimum atomic E-state index is -0.518. The third-order valence-electron chi connectivity index (χ3n) is 4.18. The molecule has 0 radical (unpaired) electrons. The first-order valence-corrected chi connectivity index (χ1v) is 8.35. The summed E-state index contributed by atoms with van der Waals surface area (Å²) in [6.07, 6.45) is 2.88. The molecule has 3 aromatic heterocycles. The van der Waals surface area contributed by atoms with Gasteiger partial charge >= 0.3 is 0 Å². The third-order valence-corrected chi connectivity index (χ3v) is 4.18. The topological polar surface area (TPSA) is 106 Å². The molecule has 2 N–H and O–H groups in total. The number of aromatic nitrogens is 4. The first-order valence-electron chi connectivity index (χ1n) is 8.35. The van der Waals surface area contributed by atoms with E-state index in [1.165, 1.54) is 7.11 Å². The Bertz CT molecular complexity index is 1050. The first kappa shape index (κ1) is 16.9. The minimum Gasteiger partial charge on any atom is -0.434 e. The largest absolute Gasteiger partial charge is 0.434 e. The molecule has 4 aromatic rings. The van der Waals surface area contributed by atoms with Gasteiger partial charge in [-0.3, -0.25) is 9.89 Å². The molecule has 27 heavy (non-hydrogen) atoms. The van der Waals surface area contributed by atoms with Crippen LogP contribution in [0.1, 0.15) is 6.92 Å². The van der Waals surface area contributed by atoms with E-state index in [0.717, 1.165) is 11.1 Å². The smallest absolute Gasteiger partial charge is 0.253 e. The Hall–Kier alpha value is -3.52. The van der Waals surface area contributed by atoms with Crippen molar-refractivity contribution < 1.29 is 13.9 Å². The molecule has 8 heteroatoms. The monoisotopic (exact) mass is 363 g/mol. The van der Waals surface area contributed by atoms with Crippen LogP contribution in [0.25, 0.3) is 33.9 Å². The Morgan fingerprint density at radius 2 is 2.07 bits per heavy atom. The number of carbonyl (C=O) groups excluding carboxylic acids is 1. The quantitative estimate of drug-likeness (QED) is 0.564. The van der Waals surface area contributed by atoms with Gasteiger partial charge in [0.25, 0.3) is 5.91 Å². The molecular weight excluding hydrogens is 346 g/mol. The summed E-state index contributed by atoms with van der Waals surface area (Å²) in [5.41, 5.74) is 4.13. The summed E-state index contributed by atoms with van der Waals surface area (Å²) in [6.45, 7) is 1.69. The maximum atomic E-state index is 11.9. The molecule has 0 aliphatic heterocycles. The average Bonchev–Trinajstić information content (AvgIpc) is 3.34. The van der Waals surface area contributed by atoms with Gasteiger partial charge in [-0.15, -0.1) is 0 Å². The summed E-state index contributed by atoms with van der Waals surface area (Å²) in [6, 6.07) is 11.0. The lowest BCUT2D eigenvalue weighted by atomic mass is 10.1. The number of nitrogens with zero attached hydrogens (tertiary/aromatic N) is 3. The number of nitrogens with one attached hydrogen (secondary N) is 2. The van der Waals surface area contributed by atoms with Crippen molar-refractivity contribution in [3.63, 3.8) is 0 Å². The van der Waals surface area contributed by atoms with Gasteiger partial charge in [-0.1, -0.05) is 12.1 Å². The van der Waals surface area contributed by atoms with Crippen molar-refractivity contribution in [2.24, 2.45) is 0 Å². The van der Waals surface area contributed by atoms with Crippen LogP contribution in [0.3, 0.4) is 0 Å². The van der Waals surface area contributed by atoms with Crippen molar-refractivity contribution in [2.45, 2.75) is 13.0 Å². The summed E-state index contributed by atoms with van der Waals surface area (Å²) in [5, 5.41) is 9.96. The summed E-state index contributed by atoms with van der Waals surface area (Å²) >= 11 is 0. The highest BCUT2D eigenvalue weighted by Crippen LogP contribution is 2.31. The maximum Gasteiger partial charge on any atom is 0.253 e. The van der Waals surface area contributed by atoms with Crippen molar-refractivity contribution in [2.75, 3.05) is 12.4 Å². The molecule has 0 aliphatic rings. The van der Waals surface area contributed by atoms with Crippen LogP contribution in [0, 0.1) is 0 Å². The van der Waals surface area contributed by atoms with Crippen LogP contribution < -0.4 is 5.32 Å². The first-order chi connectivity index (χ1) is 13.2. The van der Waals surface area contributed by atoms with E-state index in [-0.39, 0.29) is 5.91 Å². The molecule has 1 aromatic carbocycles. The predicted octanol–water partition coefficient (Wildman–Crippen LogP) is 3.25. The number of methoxy groups -OCH3 is 1. The number of ether oxygens (including phenoxy) is 1. The van der Waals surface area contributed by atoms with Crippen LogP contribution >= 0.6 is 0 Å². The normalized spacial score (nSPS) is 12.2. The van der Waals surface area contributed by atoms with E-state index in [1.807, 2.05) is 30.3 Å². The molecule has 0 saturated carbocycles. The Balaban J connectivity index is 1.61. The molecule has 3 heterocycles. The second-order valence-electron chi connectivity index (χ2n) is 5.94. The van der Waals surface area contributed by atoms with Crippen molar-refractivity contribution in [1.29, 1.82) is 0 Å². The highest BCUT2D eigenvalue weighted by Gasteiger charge is 2.17. The van der Waals surface area contributed by atoms with E-state index in [1.54, 1.807) is 25.4 Å². The lowest BCUT2D eigenvalue weighted by Gasteiger charge is -2.10. The van der Waals surface area contributed by atoms with Gasteiger partial charge in [-0.25, -0.2) is 4.98 Å². The van der Waals surface area contributed by atoms with Crippen LogP contribution in [-0.2, 0) is 9.53 Å². The number of H-pyrrole nitrogens is 1. The lowest BCUT2D eigenvalue weighted by molar-refractivity contribution is -0.124. The van der Waals surface area contributed by atoms with Crippen LogP contribution in [0.5, 0.6) is 0 Å². The van der Waals surface area contributed by atoms with Crippen molar-refractivity contribution in [3.8, 4) is 22.7 Å².